The number of carbonyl (C=O) groups excluding carboxylic acids is 2. The maximum atomic E-state index is 12.2. The second-order valence-corrected chi connectivity index (χ2v) is 7.88. The highest BCUT2D eigenvalue weighted by molar-refractivity contribution is 7.99. The topological polar surface area (TPSA) is 86.1 Å². The molecule has 1 aromatic carbocycles. The van der Waals surface area contributed by atoms with Crippen molar-refractivity contribution in [2.24, 2.45) is 0 Å². The lowest BCUT2D eigenvalue weighted by atomic mass is 10.1. The normalized spacial score (nSPS) is 10.7. The van der Waals surface area contributed by atoms with Gasteiger partial charge in [0.05, 0.1) is 25.0 Å². The summed E-state index contributed by atoms with van der Waals surface area (Å²) in [6, 6.07) is 6.20. The molecule has 3 aromatic rings. The van der Waals surface area contributed by atoms with E-state index in [1.54, 1.807) is 11.6 Å². The molecule has 146 valence electrons. The summed E-state index contributed by atoms with van der Waals surface area (Å²) < 4.78 is 6.57. The number of benzene rings is 1. The van der Waals surface area contributed by atoms with Crippen LogP contribution in [0.15, 0.2) is 41.1 Å². The van der Waals surface area contributed by atoms with Gasteiger partial charge in [0, 0.05) is 23.5 Å². The Morgan fingerprint density at radius 3 is 2.86 bits per heavy atom. The summed E-state index contributed by atoms with van der Waals surface area (Å²) in [7, 11) is 1.33. The van der Waals surface area contributed by atoms with Gasteiger partial charge in [-0.15, -0.1) is 11.3 Å². The minimum absolute atomic E-state index is 0.0883. The first-order valence-electron chi connectivity index (χ1n) is 8.51. The van der Waals surface area contributed by atoms with Crippen LogP contribution in [-0.2, 0) is 20.7 Å². The fourth-order valence-corrected chi connectivity index (χ4v) is 3.92. The summed E-state index contributed by atoms with van der Waals surface area (Å²) in [5.74, 6) is -0.344. The first kappa shape index (κ1) is 20.1. The first-order chi connectivity index (χ1) is 13.5. The van der Waals surface area contributed by atoms with Gasteiger partial charge in [-0.1, -0.05) is 17.8 Å². The smallest absolute Gasteiger partial charge is 0.311 e. The molecule has 0 aliphatic rings. The van der Waals surface area contributed by atoms with Crippen LogP contribution in [0.25, 0.3) is 5.69 Å². The van der Waals surface area contributed by atoms with E-state index in [9.17, 15) is 9.59 Å². The fraction of sp³-hybridized carbons (Fsp3) is 0.263. The number of thioether (sulfide) groups is 1. The second kappa shape index (κ2) is 9.03. The van der Waals surface area contributed by atoms with Crippen LogP contribution in [0.4, 0.5) is 5.13 Å². The van der Waals surface area contributed by atoms with E-state index in [1.165, 1.54) is 41.3 Å². The van der Waals surface area contributed by atoms with Gasteiger partial charge in [0.1, 0.15) is 0 Å². The Balaban J connectivity index is 1.59. The van der Waals surface area contributed by atoms with Crippen LogP contribution in [0.2, 0.25) is 0 Å². The minimum Gasteiger partial charge on any atom is -0.469 e. The summed E-state index contributed by atoms with van der Waals surface area (Å²) in [5, 5.41) is 5.68. The van der Waals surface area contributed by atoms with Crippen molar-refractivity contribution in [3.05, 3.63) is 52.8 Å². The van der Waals surface area contributed by atoms with Crippen molar-refractivity contribution in [1.82, 2.24) is 14.5 Å². The maximum absolute atomic E-state index is 12.2. The summed E-state index contributed by atoms with van der Waals surface area (Å²) in [4.78, 5) is 32.1. The number of amides is 1. The lowest BCUT2D eigenvalue weighted by Crippen LogP contribution is -2.14. The lowest BCUT2D eigenvalue weighted by Gasteiger charge is -2.09. The van der Waals surface area contributed by atoms with Gasteiger partial charge in [-0.25, -0.2) is 9.97 Å². The quantitative estimate of drug-likeness (QED) is 0.469. The lowest BCUT2D eigenvalue weighted by molar-refractivity contribution is -0.139. The molecule has 7 nitrogen and oxygen atoms in total. The molecule has 0 unspecified atom stereocenters. The highest BCUT2D eigenvalue weighted by Gasteiger charge is 2.12. The molecule has 1 amide bonds. The number of aryl methyl sites for hydroxylation is 2. The van der Waals surface area contributed by atoms with Crippen LogP contribution in [0, 0.1) is 13.8 Å². The molecule has 0 aliphatic heterocycles. The number of rotatable bonds is 7. The second-order valence-electron chi connectivity index (χ2n) is 6.08. The van der Waals surface area contributed by atoms with Gasteiger partial charge >= 0.3 is 5.97 Å². The number of hydrogen-bond donors (Lipinski definition) is 1. The van der Waals surface area contributed by atoms with Gasteiger partial charge < -0.3 is 10.1 Å². The average molecular weight is 417 g/mol. The van der Waals surface area contributed by atoms with E-state index in [1.807, 2.05) is 16.8 Å². The first-order valence-corrected chi connectivity index (χ1v) is 10.4. The Hall–Kier alpha value is -2.65. The Bertz CT molecular complexity index is 997. The van der Waals surface area contributed by atoms with Crippen LogP contribution in [0.3, 0.4) is 0 Å². The number of methoxy groups -OCH3 is 1. The number of anilines is 1. The number of aromatic nitrogens is 3. The number of carbonyl (C=O) groups is 2. The van der Waals surface area contributed by atoms with Crippen molar-refractivity contribution in [3.63, 3.8) is 0 Å². The van der Waals surface area contributed by atoms with Gasteiger partial charge in [0.25, 0.3) is 0 Å². The van der Waals surface area contributed by atoms with Crippen molar-refractivity contribution in [1.29, 1.82) is 0 Å². The molecule has 0 saturated carbocycles. The van der Waals surface area contributed by atoms with Crippen molar-refractivity contribution in [3.8, 4) is 5.69 Å². The standard InChI is InChI=1S/C19H20N4O3S2/c1-12-4-5-15(8-13(12)2)23-7-6-20-19(23)28-11-16(24)22-18-21-14(10-27-18)9-17(25)26-3/h4-8,10H,9,11H2,1-3H3,(H,21,22,24). The largest absolute Gasteiger partial charge is 0.469 e. The number of nitrogens with one attached hydrogen (secondary N) is 1. The molecule has 0 saturated heterocycles. The summed E-state index contributed by atoms with van der Waals surface area (Å²) in [6.45, 7) is 4.14. The van der Waals surface area contributed by atoms with Crippen molar-refractivity contribution < 1.29 is 14.3 Å². The molecule has 0 spiro atoms. The monoisotopic (exact) mass is 416 g/mol. The zero-order valence-electron chi connectivity index (χ0n) is 15.8. The maximum Gasteiger partial charge on any atom is 0.311 e. The van der Waals surface area contributed by atoms with E-state index in [0.717, 1.165) is 10.8 Å². The van der Waals surface area contributed by atoms with E-state index in [4.69, 9.17) is 0 Å². The average Bonchev–Trinajstić information content (AvgIpc) is 3.31. The van der Waals surface area contributed by atoms with Crippen molar-refractivity contribution in [2.45, 2.75) is 25.4 Å². The predicted octanol–water partition coefficient (Wildman–Crippen LogP) is 3.39. The van der Waals surface area contributed by atoms with Crippen LogP contribution in [0.5, 0.6) is 0 Å². The Morgan fingerprint density at radius 2 is 2.11 bits per heavy atom. The number of hydrogen-bond acceptors (Lipinski definition) is 7. The Labute approximate surface area is 171 Å². The Kier molecular flexibility index (Phi) is 6.48. The van der Waals surface area contributed by atoms with Gasteiger partial charge in [0.2, 0.25) is 5.91 Å². The number of ether oxygens (including phenoxy) is 1. The molecule has 0 fully saturated rings. The van der Waals surface area contributed by atoms with Gasteiger partial charge in [-0.3, -0.25) is 14.2 Å². The molecule has 0 bridgehead atoms. The minimum atomic E-state index is -0.364. The van der Waals surface area contributed by atoms with E-state index >= 15 is 0 Å². The highest BCUT2D eigenvalue weighted by Crippen LogP contribution is 2.23. The van der Waals surface area contributed by atoms with E-state index in [2.05, 4.69) is 46.0 Å². The van der Waals surface area contributed by atoms with E-state index < -0.39 is 0 Å². The van der Waals surface area contributed by atoms with Crippen LogP contribution >= 0.6 is 23.1 Å². The SMILES string of the molecule is COC(=O)Cc1csc(NC(=O)CSc2nccn2-c2ccc(C)c(C)c2)n1. The van der Waals surface area contributed by atoms with Gasteiger partial charge in [-0.2, -0.15) is 0 Å². The molecule has 2 heterocycles. The van der Waals surface area contributed by atoms with E-state index in [-0.39, 0.29) is 24.1 Å². The van der Waals surface area contributed by atoms with Crippen molar-refractivity contribution in [2.75, 3.05) is 18.2 Å². The van der Waals surface area contributed by atoms with Crippen LogP contribution in [0.1, 0.15) is 16.8 Å². The van der Waals surface area contributed by atoms with Gasteiger partial charge in [-0.05, 0) is 37.1 Å². The van der Waals surface area contributed by atoms with Crippen LogP contribution < -0.4 is 5.32 Å². The third-order valence-corrected chi connectivity index (χ3v) is 5.83. The van der Waals surface area contributed by atoms with Crippen molar-refractivity contribution >= 4 is 40.1 Å². The van der Waals surface area contributed by atoms with E-state index in [0.29, 0.717) is 10.8 Å². The molecule has 3 rings (SSSR count). The number of esters is 1. The molecule has 28 heavy (non-hydrogen) atoms. The molecule has 0 radical (unpaired) electrons. The van der Waals surface area contributed by atoms with Crippen LogP contribution in [-0.4, -0.2) is 39.3 Å². The van der Waals surface area contributed by atoms with Gasteiger partial charge in [0.15, 0.2) is 10.3 Å². The zero-order valence-corrected chi connectivity index (χ0v) is 17.4. The molecule has 0 aliphatic carbocycles. The molecule has 0 atom stereocenters. The molecular formula is C19H20N4O3S2. The fourth-order valence-electron chi connectivity index (χ4n) is 2.42. The number of imidazole rings is 1. The highest BCUT2D eigenvalue weighted by atomic mass is 32.2. The Morgan fingerprint density at radius 1 is 1.29 bits per heavy atom. The molecule has 9 heteroatoms. The third-order valence-electron chi connectivity index (χ3n) is 4.06. The predicted molar refractivity (Wildman–Crippen MR) is 110 cm³/mol. The zero-order chi connectivity index (χ0) is 20.1. The summed E-state index contributed by atoms with van der Waals surface area (Å²) in [6.07, 6.45) is 3.69. The third kappa shape index (κ3) is 4.99. The number of nitrogens with zero attached hydrogens (tertiary/aromatic N) is 3. The summed E-state index contributed by atoms with van der Waals surface area (Å²) in [5.41, 5.74) is 4.01. The molecule has 1 N–H and O–H groups in total. The molecular weight excluding hydrogens is 396 g/mol. The number of thiazole rings is 1. The molecule has 2 aromatic heterocycles. The summed E-state index contributed by atoms with van der Waals surface area (Å²) >= 11 is 2.63.